The number of hydrogen-bond acceptors (Lipinski definition) is 4. The van der Waals surface area contributed by atoms with E-state index in [0.29, 0.717) is 17.1 Å². The Morgan fingerprint density at radius 2 is 2.00 bits per heavy atom. The van der Waals surface area contributed by atoms with Gasteiger partial charge in [0.25, 0.3) is 5.69 Å². The predicted octanol–water partition coefficient (Wildman–Crippen LogP) is 4.17. The van der Waals surface area contributed by atoms with E-state index in [-0.39, 0.29) is 10.6 Å². The summed E-state index contributed by atoms with van der Waals surface area (Å²) in [5, 5.41) is 11.4. The van der Waals surface area contributed by atoms with Crippen molar-refractivity contribution in [3.63, 3.8) is 0 Å². The van der Waals surface area contributed by atoms with Gasteiger partial charge in [0.05, 0.1) is 15.6 Å². The van der Waals surface area contributed by atoms with Gasteiger partial charge in [-0.25, -0.2) is 0 Å². The molecule has 2 aromatic carbocycles. The highest BCUT2D eigenvalue weighted by atomic mass is 35.5. The SMILES string of the molecule is Nc1ccc(SCCc2ccccc2[N+](=O)[O-])cc1Cl. The Bertz CT molecular complexity index is 634. The molecule has 2 aromatic rings. The van der Waals surface area contributed by atoms with E-state index >= 15 is 0 Å². The molecule has 4 nitrogen and oxygen atoms in total. The fourth-order valence-corrected chi connectivity index (χ4v) is 2.95. The lowest BCUT2D eigenvalue weighted by Crippen LogP contribution is -1.96. The summed E-state index contributed by atoms with van der Waals surface area (Å²) in [6.45, 7) is 0. The van der Waals surface area contributed by atoms with Crippen molar-refractivity contribution in [2.24, 2.45) is 0 Å². The van der Waals surface area contributed by atoms with Crippen molar-refractivity contribution in [3.8, 4) is 0 Å². The first-order chi connectivity index (χ1) is 9.58. The second-order valence-electron chi connectivity index (χ2n) is 4.17. The number of rotatable bonds is 5. The molecular formula is C14H13ClN2O2S. The standard InChI is InChI=1S/C14H13ClN2O2S/c15-12-9-11(5-6-13(12)16)20-8-7-10-3-1-2-4-14(10)17(18)19/h1-6,9H,7-8,16H2. The van der Waals surface area contributed by atoms with Crippen LogP contribution in [0.15, 0.2) is 47.4 Å². The number of aryl methyl sites for hydroxylation is 1. The number of nitro groups is 1. The zero-order chi connectivity index (χ0) is 14.5. The first-order valence-electron chi connectivity index (χ1n) is 5.98. The van der Waals surface area contributed by atoms with Gasteiger partial charge in [0, 0.05) is 22.3 Å². The molecule has 0 bridgehead atoms. The summed E-state index contributed by atoms with van der Waals surface area (Å²) in [4.78, 5) is 11.6. The number of nitrogens with two attached hydrogens (primary N) is 1. The van der Waals surface area contributed by atoms with E-state index in [4.69, 9.17) is 17.3 Å². The third-order valence-corrected chi connectivity index (χ3v) is 4.12. The van der Waals surface area contributed by atoms with E-state index in [9.17, 15) is 10.1 Å². The van der Waals surface area contributed by atoms with Crippen LogP contribution in [0.25, 0.3) is 0 Å². The van der Waals surface area contributed by atoms with Crippen LogP contribution >= 0.6 is 23.4 Å². The van der Waals surface area contributed by atoms with Crippen LogP contribution in [0.1, 0.15) is 5.56 Å². The maximum absolute atomic E-state index is 10.9. The topological polar surface area (TPSA) is 69.2 Å². The molecule has 0 aliphatic rings. The van der Waals surface area contributed by atoms with Crippen LogP contribution in [0, 0.1) is 10.1 Å². The quantitative estimate of drug-likeness (QED) is 0.389. The lowest BCUT2D eigenvalue weighted by atomic mass is 10.1. The number of halogens is 1. The summed E-state index contributed by atoms with van der Waals surface area (Å²) in [6, 6.07) is 12.3. The van der Waals surface area contributed by atoms with Crippen molar-refractivity contribution in [2.75, 3.05) is 11.5 Å². The van der Waals surface area contributed by atoms with Crippen molar-refractivity contribution in [3.05, 3.63) is 63.2 Å². The molecule has 0 fully saturated rings. The second-order valence-corrected chi connectivity index (χ2v) is 5.74. The highest BCUT2D eigenvalue weighted by molar-refractivity contribution is 7.99. The zero-order valence-electron chi connectivity index (χ0n) is 10.6. The van der Waals surface area contributed by atoms with Crippen LogP contribution in [0.4, 0.5) is 11.4 Å². The van der Waals surface area contributed by atoms with Crippen molar-refractivity contribution < 1.29 is 4.92 Å². The molecule has 0 saturated carbocycles. The van der Waals surface area contributed by atoms with Gasteiger partial charge in [-0.3, -0.25) is 10.1 Å². The molecule has 104 valence electrons. The van der Waals surface area contributed by atoms with E-state index in [0.717, 1.165) is 16.2 Å². The zero-order valence-corrected chi connectivity index (χ0v) is 12.2. The first-order valence-corrected chi connectivity index (χ1v) is 7.34. The number of para-hydroxylation sites is 1. The van der Waals surface area contributed by atoms with Crippen molar-refractivity contribution >= 4 is 34.7 Å². The van der Waals surface area contributed by atoms with Gasteiger partial charge in [0.1, 0.15) is 0 Å². The number of benzene rings is 2. The van der Waals surface area contributed by atoms with Gasteiger partial charge < -0.3 is 5.73 Å². The smallest absolute Gasteiger partial charge is 0.272 e. The van der Waals surface area contributed by atoms with Crippen molar-refractivity contribution in [2.45, 2.75) is 11.3 Å². The van der Waals surface area contributed by atoms with E-state index < -0.39 is 0 Å². The lowest BCUT2D eigenvalue weighted by molar-refractivity contribution is -0.385. The minimum atomic E-state index is -0.347. The van der Waals surface area contributed by atoms with Gasteiger partial charge in [-0.2, -0.15) is 0 Å². The maximum atomic E-state index is 10.9. The molecule has 6 heteroatoms. The summed E-state index contributed by atoms with van der Waals surface area (Å²) in [5.41, 5.74) is 7.11. The number of nitrogen functional groups attached to an aromatic ring is 1. The highest BCUT2D eigenvalue weighted by Crippen LogP contribution is 2.27. The largest absolute Gasteiger partial charge is 0.398 e. The molecule has 0 aliphatic carbocycles. The molecule has 0 aliphatic heterocycles. The monoisotopic (exact) mass is 308 g/mol. The average Bonchev–Trinajstić information content (AvgIpc) is 2.43. The van der Waals surface area contributed by atoms with Crippen LogP contribution < -0.4 is 5.73 Å². The second kappa shape index (κ2) is 6.63. The molecule has 20 heavy (non-hydrogen) atoms. The predicted molar refractivity (Wildman–Crippen MR) is 83.4 cm³/mol. The lowest BCUT2D eigenvalue weighted by Gasteiger charge is -2.05. The Kier molecular flexibility index (Phi) is 4.87. The van der Waals surface area contributed by atoms with E-state index in [1.54, 1.807) is 36.0 Å². The van der Waals surface area contributed by atoms with Crippen LogP contribution in [0.5, 0.6) is 0 Å². The molecular weight excluding hydrogens is 296 g/mol. The van der Waals surface area contributed by atoms with E-state index in [1.165, 1.54) is 6.07 Å². The van der Waals surface area contributed by atoms with Crippen LogP contribution in [-0.2, 0) is 6.42 Å². The Labute approximate surface area is 126 Å². The number of hydrogen-bond donors (Lipinski definition) is 1. The minimum absolute atomic E-state index is 0.170. The minimum Gasteiger partial charge on any atom is -0.398 e. The summed E-state index contributed by atoms with van der Waals surface area (Å²) in [6.07, 6.45) is 0.629. The van der Waals surface area contributed by atoms with Gasteiger partial charge in [0.15, 0.2) is 0 Å². The Balaban J connectivity index is 1.99. The average molecular weight is 309 g/mol. The molecule has 0 saturated heterocycles. The summed E-state index contributed by atoms with van der Waals surface area (Å²) in [5.74, 6) is 0.741. The van der Waals surface area contributed by atoms with Crippen molar-refractivity contribution in [1.29, 1.82) is 0 Å². The molecule has 0 amide bonds. The van der Waals surface area contributed by atoms with Gasteiger partial charge in [0.2, 0.25) is 0 Å². The number of nitro benzene ring substituents is 1. The normalized spacial score (nSPS) is 10.4. The molecule has 0 atom stereocenters. The number of nitrogens with zero attached hydrogens (tertiary/aromatic N) is 1. The number of thioether (sulfide) groups is 1. The highest BCUT2D eigenvalue weighted by Gasteiger charge is 2.11. The molecule has 0 heterocycles. The van der Waals surface area contributed by atoms with E-state index in [1.807, 2.05) is 12.1 Å². The molecule has 0 radical (unpaired) electrons. The van der Waals surface area contributed by atoms with Crippen LogP contribution in [-0.4, -0.2) is 10.7 Å². The van der Waals surface area contributed by atoms with Crippen LogP contribution in [0.3, 0.4) is 0 Å². The third-order valence-electron chi connectivity index (χ3n) is 2.80. The van der Waals surface area contributed by atoms with Crippen LogP contribution in [0.2, 0.25) is 5.02 Å². The van der Waals surface area contributed by atoms with Gasteiger partial charge >= 0.3 is 0 Å². The fraction of sp³-hybridized carbons (Fsp3) is 0.143. The Morgan fingerprint density at radius 1 is 1.25 bits per heavy atom. The molecule has 0 unspecified atom stereocenters. The molecule has 2 rings (SSSR count). The maximum Gasteiger partial charge on any atom is 0.272 e. The number of anilines is 1. The molecule has 2 N–H and O–H groups in total. The molecule has 0 aromatic heterocycles. The Morgan fingerprint density at radius 3 is 2.70 bits per heavy atom. The fourth-order valence-electron chi connectivity index (χ4n) is 1.78. The van der Waals surface area contributed by atoms with Gasteiger partial charge in [-0.05, 0) is 24.6 Å². The summed E-state index contributed by atoms with van der Waals surface area (Å²) >= 11 is 7.54. The third kappa shape index (κ3) is 3.65. The first kappa shape index (κ1) is 14.7. The summed E-state index contributed by atoms with van der Waals surface area (Å²) in [7, 11) is 0. The van der Waals surface area contributed by atoms with Crippen molar-refractivity contribution in [1.82, 2.24) is 0 Å². The van der Waals surface area contributed by atoms with E-state index in [2.05, 4.69) is 0 Å². The van der Waals surface area contributed by atoms with Gasteiger partial charge in [-0.15, -0.1) is 11.8 Å². The Hall–Kier alpha value is -1.72. The van der Waals surface area contributed by atoms with Gasteiger partial charge in [-0.1, -0.05) is 29.8 Å². The molecule has 0 spiro atoms. The summed E-state index contributed by atoms with van der Waals surface area (Å²) < 4.78 is 0.